The van der Waals surface area contributed by atoms with Crippen molar-refractivity contribution in [3.63, 3.8) is 0 Å². The van der Waals surface area contributed by atoms with Crippen LogP contribution < -0.4 is 11.1 Å². The van der Waals surface area contributed by atoms with Crippen LogP contribution in [0.2, 0.25) is 0 Å². The summed E-state index contributed by atoms with van der Waals surface area (Å²) < 4.78 is 0. The van der Waals surface area contributed by atoms with Gasteiger partial charge in [-0.25, -0.2) is 0 Å². The topological polar surface area (TPSA) is 75.4 Å². The van der Waals surface area contributed by atoms with Gasteiger partial charge in [0.25, 0.3) is 0 Å². The summed E-state index contributed by atoms with van der Waals surface area (Å²) in [4.78, 5) is 26.7. The Morgan fingerprint density at radius 1 is 1.30 bits per heavy atom. The normalized spacial score (nSPS) is 23.7. The first-order valence-corrected chi connectivity index (χ1v) is 10.2. The Labute approximate surface area is 144 Å². The molecule has 0 aromatic rings. The summed E-state index contributed by atoms with van der Waals surface area (Å²) in [5, 5.41) is 3.15. The molecule has 2 unspecified atom stereocenters. The van der Waals surface area contributed by atoms with Crippen LogP contribution in [0.5, 0.6) is 0 Å². The second-order valence-corrected chi connectivity index (χ2v) is 7.73. The average molecular weight is 342 g/mol. The molecule has 1 heterocycles. The molecule has 1 aliphatic heterocycles. The average Bonchev–Trinajstić information content (AvgIpc) is 3.08. The Bertz CT molecular complexity index is 399. The lowest BCUT2D eigenvalue weighted by atomic mass is 9.84. The predicted molar refractivity (Wildman–Crippen MR) is 95.0 cm³/mol. The number of nitrogens with two attached hydrogens (primary N) is 1. The summed E-state index contributed by atoms with van der Waals surface area (Å²) in [5.41, 5.74) is 5.91. The third-order valence-corrected chi connectivity index (χ3v) is 6.06. The molecule has 1 saturated carbocycles. The number of thioether (sulfide) groups is 1. The first kappa shape index (κ1) is 18.6. The van der Waals surface area contributed by atoms with Crippen molar-refractivity contribution in [2.75, 3.05) is 18.2 Å². The number of carbonyl (C=O) groups excluding carboxylic acids is 2. The van der Waals surface area contributed by atoms with Crippen LogP contribution in [0.4, 0.5) is 0 Å². The first-order valence-electron chi connectivity index (χ1n) is 9.05. The molecule has 3 N–H and O–H groups in total. The largest absolute Gasteiger partial charge is 0.350 e. The van der Waals surface area contributed by atoms with E-state index in [9.17, 15) is 9.59 Å². The molecular formula is C17H31N3O2S. The first-order chi connectivity index (χ1) is 11.2. The Morgan fingerprint density at radius 3 is 2.70 bits per heavy atom. The van der Waals surface area contributed by atoms with Crippen LogP contribution in [-0.2, 0) is 9.59 Å². The van der Waals surface area contributed by atoms with Crippen LogP contribution in [0.1, 0.15) is 58.3 Å². The van der Waals surface area contributed by atoms with Crippen LogP contribution in [-0.4, -0.2) is 47.0 Å². The Kier molecular flexibility index (Phi) is 7.70. The van der Waals surface area contributed by atoms with Gasteiger partial charge in [0.05, 0.1) is 5.88 Å². The van der Waals surface area contributed by atoms with Crippen molar-refractivity contribution in [1.29, 1.82) is 0 Å². The van der Waals surface area contributed by atoms with Gasteiger partial charge in [0.1, 0.15) is 6.04 Å². The van der Waals surface area contributed by atoms with Crippen molar-refractivity contribution in [2.24, 2.45) is 11.7 Å². The lowest BCUT2D eigenvalue weighted by Crippen LogP contribution is -2.53. The summed E-state index contributed by atoms with van der Waals surface area (Å²) in [6, 6.07) is -0.261. The second-order valence-electron chi connectivity index (χ2n) is 6.73. The molecule has 6 heteroatoms. The number of carbonyl (C=O) groups is 2. The molecule has 0 aromatic carbocycles. The van der Waals surface area contributed by atoms with Crippen molar-refractivity contribution in [1.82, 2.24) is 10.2 Å². The van der Waals surface area contributed by atoms with Crippen molar-refractivity contribution < 1.29 is 9.59 Å². The Morgan fingerprint density at radius 2 is 2.04 bits per heavy atom. The van der Waals surface area contributed by atoms with Gasteiger partial charge >= 0.3 is 0 Å². The highest BCUT2D eigenvalue weighted by Crippen LogP contribution is 2.27. The van der Waals surface area contributed by atoms with Gasteiger partial charge in [0.2, 0.25) is 11.8 Å². The number of amides is 2. The van der Waals surface area contributed by atoms with Crippen molar-refractivity contribution in [3.05, 3.63) is 0 Å². The molecule has 2 aliphatic rings. The van der Waals surface area contributed by atoms with Gasteiger partial charge in [-0.2, -0.15) is 0 Å². The van der Waals surface area contributed by atoms with Crippen LogP contribution in [0.3, 0.4) is 0 Å². The van der Waals surface area contributed by atoms with Gasteiger partial charge in [-0.3, -0.25) is 9.59 Å². The molecule has 2 rings (SSSR count). The van der Waals surface area contributed by atoms with Crippen molar-refractivity contribution in [3.8, 4) is 0 Å². The summed E-state index contributed by atoms with van der Waals surface area (Å²) in [7, 11) is 0. The molecule has 2 fully saturated rings. The zero-order valence-electron chi connectivity index (χ0n) is 14.3. The van der Waals surface area contributed by atoms with Gasteiger partial charge < -0.3 is 16.0 Å². The maximum absolute atomic E-state index is 12.7. The van der Waals surface area contributed by atoms with Gasteiger partial charge in [-0.05, 0) is 25.2 Å². The maximum Gasteiger partial charge on any atom is 0.243 e. The van der Waals surface area contributed by atoms with E-state index in [1.54, 1.807) is 16.7 Å². The molecule has 0 aromatic heterocycles. The quantitative estimate of drug-likeness (QED) is 0.743. The monoisotopic (exact) mass is 341 g/mol. The van der Waals surface area contributed by atoms with E-state index in [4.69, 9.17) is 5.73 Å². The molecular weight excluding hydrogens is 310 g/mol. The Hall–Kier alpha value is -0.750. The molecule has 0 radical (unpaired) electrons. The number of hydrogen-bond acceptors (Lipinski definition) is 4. The molecule has 2 atom stereocenters. The van der Waals surface area contributed by atoms with E-state index in [1.807, 2.05) is 0 Å². The number of hydrogen-bond donors (Lipinski definition) is 2. The molecule has 0 spiro atoms. The summed E-state index contributed by atoms with van der Waals surface area (Å²) in [5.74, 6) is 1.93. The molecule has 23 heavy (non-hydrogen) atoms. The minimum atomic E-state index is -0.318. The molecule has 1 aliphatic carbocycles. The van der Waals surface area contributed by atoms with E-state index in [2.05, 4.69) is 12.2 Å². The number of unbranched alkanes of at least 4 members (excludes halogenated alkanes) is 1. The fraction of sp³-hybridized carbons (Fsp3) is 0.882. The second kappa shape index (κ2) is 9.52. The number of nitrogens with zero attached hydrogens (tertiary/aromatic N) is 1. The standard InChI is InChI=1S/C17H31N3O2S/c1-2-3-9-16(21)20-12-23-11-15(20)17(22)19-14(10-18)13-7-5-4-6-8-13/h13-15H,2-12,18H2,1H3,(H,19,22). The van der Waals surface area contributed by atoms with Crippen LogP contribution >= 0.6 is 11.8 Å². The zero-order chi connectivity index (χ0) is 16.7. The lowest BCUT2D eigenvalue weighted by Gasteiger charge is -2.32. The summed E-state index contributed by atoms with van der Waals surface area (Å²) >= 11 is 1.66. The predicted octanol–water partition coefficient (Wildman–Crippen LogP) is 2.10. The van der Waals surface area contributed by atoms with Gasteiger partial charge in [0.15, 0.2) is 0 Å². The highest BCUT2D eigenvalue weighted by atomic mass is 32.2. The van der Waals surface area contributed by atoms with Crippen LogP contribution in [0.15, 0.2) is 0 Å². The van der Waals surface area contributed by atoms with Crippen molar-refractivity contribution in [2.45, 2.75) is 70.4 Å². The number of nitrogens with one attached hydrogen (secondary N) is 1. The van der Waals surface area contributed by atoms with E-state index < -0.39 is 0 Å². The Balaban J connectivity index is 1.90. The highest BCUT2D eigenvalue weighted by Gasteiger charge is 2.36. The zero-order valence-corrected chi connectivity index (χ0v) is 15.1. The summed E-state index contributed by atoms with van der Waals surface area (Å²) in [6.45, 7) is 2.56. The van der Waals surface area contributed by atoms with E-state index in [0.29, 0.717) is 30.5 Å². The third kappa shape index (κ3) is 5.11. The van der Waals surface area contributed by atoms with E-state index in [1.165, 1.54) is 19.3 Å². The number of rotatable bonds is 7. The SMILES string of the molecule is CCCCC(=O)N1CSCC1C(=O)NC(CN)C1CCCCC1. The molecule has 132 valence electrons. The van der Waals surface area contributed by atoms with E-state index >= 15 is 0 Å². The lowest BCUT2D eigenvalue weighted by molar-refractivity contribution is -0.138. The summed E-state index contributed by atoms with van der Waals surface area (Å²) in [6.07, 6.45) is 8.50. The van der Waals surface area contributed by atoms with Gasteiger partial charge in [0, 0.05) is 24.8 Å². The molecule has 2 amide bonds. The molecule has 1 saturated heterocycles. The van der Waals surface area contributed by atoms with Gasteiger partial charge in [-0.1, -0.05) is 32.6 Å². The molecule has 0 bridgehead atoms. The third-order valence-electron chi connectivity index (χ3n) is 5.05. The minimum Gasteiger partial charge on any atom is -0.350 e. The molecule has 5 nitrogen and oxygen atoms in total. The van der Waals surface area contributed by atoms with E-state index in [-0.39, 0.29) is 23.9 Å². The van der Waals surface area contributed by atoms with Crippen LogP contribution in [0, 0.1) is 5.92 Å². The minimum absolute atomic E-state index is 0.0131. The highest BCUT2D eigenvalue weighted by molar-refractivity contribution is 7.99. The van der Waals surface area contributed by atoms with Crippen LogP contribution in [0.25, 0.3) is 0 Å². The fourth-order valence-corrected chi connectivity index (χ4v) is 4.74. The maximum atomic E-state index is 12.7. The van der Waals surface area contributed by atoms with Crippen molar-refractivity contribution >= 4 is 23.6 Å². The van der Waals surface area contributed by atoms with E-state index in [0.717, 1.165) is 25.7 Å². The fourth-order valence-electron chi connectivity index (χ4n) is 3.56. The van der Waals surface area contributed by atoms with Gasteiger partial charge in [-0.15, -0.1) is 11.8 Å². The smallest absolute Gasteiger partial charge is 0.243 e.